The van der Waals surface area contributed by atoms with Crippen LogP contribution < -0.4 is 10.1 Å². The van der Waals surface area contributed by atoms with Crippen LogP contribution in [0.15, 0.2) is 18.2 Å². The van der Waals surface area contributed by atoms with Gasteiger partial charge in [-0.25, -0.2) is 4.79 Å². The molecule has 0 aliphatic rings. The molecule has 0 fully saturated rings. The number of hydrogen-bond acceptors (Lipinski definition) is 4. The molecule has 0 aromatic heterocycles. The van der Waals surface area contributed by atoms with Gasteiger partial charge < -0.3 is 19.9 Å². The summed E-state index contributed by atoms with van der Waals surface area (Å²) in [6.07, 6.45) is 0.0114. The van der Waals surface area contributed by atoms with Gasteiger partial charge in [0.05, 0.1) is 7.11 Å². The number of rotatable bonds is 6. The van der Waals surface area contributed by atoms with E-state index in [9.17, 15) is 9.59 Å². The summed E-state index contributed by atoms with van der Waals surface area (Å²) in [4.78, 5) is 22.7. The third-order valence-electron chi connectivity index (χ3n) is 2.65. The van der Waals surface area contributed by atoms with Crippen molar-refractivity contribution in [3.63, 3.8) is 0 Å². The van der Waals surface area contributed by atoms with Crippen LogP contribution in [0.5, 0.6) is 5.75 Å². The number of carbonyl (C=O) groups excluding carboxylic acids is 1. The number of carboxylic acids is 1. The molecule has 104 valence electrons. The molecule has 1 atom stereocenters. The fourth-order valence-corrected chi connectivity index (χ4v) is 1.63. The molecule has 0 saturated heterocycles. The smallest absolute Gasteiger partial charge is 0.339 e. The molecule has 6 nitrogen and oxygen atoms in total. The second-order valence-electron chi connectivity index (χ2n) is 3.84. The van der Waals surface area contributed by atoms with E-state index >= 15 is 0 Å². The number of carboxylic acid groups (broad SMARTS) is 1. The molecule has 1 aromatic carbocycles. The van der Waals surface area contributed by atoms with Crippen LogP contribution in [0.3, 0.4) is 0 Å². The predicted molar refractivity (Wildman–Crippen MR) is 69.7 cm³/mol. The Balaban J connectivity index is 2.91. The van der Waals surface area contributed by atoms with E-state index in [1.807, 2.05) is 6.92 Å². The van der Waals surface area contributed by atoms with Crippen LogP contribution in [0.2, 0.25) is 0 Å². The van der Waals surface area contributed by atoms with Crippen molar-refractivity contribution in [2.45, 2.75) is 19.4 Å². The second-order valence-corrected chi connectivity index (χ2v) is 3.84. The minimum Gasteiger partial charge on any atom is -0.496 e. The Labute approximate surface area is 111 Å². The average molecular weight is 267 g/mol. The number of amides is 1. The van der Waals surface area contributed by atoms with Crippen molar-refractivity contribution in [3.05, 3.63) is 23.8 Å². The average Bonchev–Trinajstić information content (AvgIpc) is 2.39. The third kappa shape index (κ3) is 3.69. The first-order valence-corrected chi connectivity index (χ1v) is 5.78. The Morgan fingerprint density at radius 3 is 2.53 bits per heavy atom. The number of hydrogen-bond donors (Lipinski definition) is 2. The topological polar surface area (TPSA) is 84.9 Å². The molecule has 1 aromatic rings. The molecule has 0 aliphatic heterocycles. The summed E-state index contributed by atoms with van der Waals surface area (Å²) in [7, 11) is 2.83. The molecular weight excluding hydrogens is 250 g/mol. The SMILES string of the molecule is CCC(OC)C(=O)Nc1ccc(C(=O)O)c(OC)c1. The van der Waals surface area contributed by atoms with Gasteiger partial charge in [-0.15, -0.1) is 0 Å². The van der Waals surface area contributed by atoms with Gasteiger partial charge in [-0.2, -0.15) is 0 Å². The van der Waals surface area contributed by atoms with Gasteiger partial charge in [-0.3, -0.25) is 4.79 Å². The Hall–Kier alpha value is -2.08. The van der Waals surface area contributed by atoms with Crippen molar-refractivity contribution < 1.29 is 24.2 Å². The molecule has 2 N–H and O–H groups in total. The fraction of sp³-hybridized carbons (Fsp3) is 0.385. The first-order chi connectivity index (χ1) is 9.03. The lowest BCUT2D eigenvalue weighted by molar-refractivity contribution is -0.125. The van der Waals surface area contributed by atoms with Gasteiger partial charge in [0, 0.05) is 18.9 Å². The Bertz CT molecular complexity index is 468. The van der Waals surface area contributed by atoms with Crippen LogP contribution in [0.25, 0.3) is 0 Å². The Morgan fingerprint density at radius 2 is 2.05 bits per heavy atom. The van der Waals surface area contributed by atoms with E-state index < -0.39 is 12.1 Å². The highest BCUT2D eigenvalue weighted by atomic mass is 16.5. The molecule has 0 saturated carbocycles. The molecule has 6 heteroatoms. The summed E-state index contributed by atoms with van der Waals surface area (Å²) < 4.78 is 9.99. The summed E-state index contributed by atoms with van der Waals surface area (Å²) >= 11 is 0. The fourth-order valence-electron chi connectivity index (χ4n) is 1.63. The summed E-state index contributed by atoms with van der Waals surface area (Å²) in [5.41, 5.74) is 0.502. The van der Waals surface area contributed by atoms with E-state index in [2.05, 4.69) is 5.32 Å². The van der Waals surface area contributed by atoms with Crippen molar-refractivity contribution in [2.75, 3.05) is 19.5 Å². The zero-order valence-electron chi connectivity index (χ0n) is 11.1. The molecule has 1 unspecified atom stereocenters. The largest absolute Gasteiger partial charge is 0.496 e. The first kappa shape index (κ1) is 15.0. The highest BCUT2D eigenvalue weighted by Gasteiger charge is 2.17. The molecule has 1 amide bonds. The van der Waals surface area contributed by atoms with E-state index in [0.717, 1.165) is 0 Å². The number of methoxy groups -OCH3 is 2. The lowest BCUT2D eigenvalue weighted by Gasteiger charge is -2.14. The maximum Gasteiger partial charge on any atom is 0.339 e. The van der Waals surface area contributed by atoms with Gasteiger partial charge in [0.1, 0.15) is 17.4 Å². The zero-order valence-corrected chi connectivity index (χ0v) is 11.1. The van der Waals surface area contributed by atoms with Crippen LogP contribution in [-0.2, 0) is 9.53 Å². The molecule has 0 bridgehead atoms. The predicted octanol–water partition coefficient (Wildman–Crippen LogP) is 1.76. The van der Waals surface area contributed by atoms with E-state index in [0.29, 0.717) is 12.1 Å². The van der Waals surface area contributed by atoms with Crippen molar-refractivity contribution in [3.8, 4) is 5.75 Å². The maximum absolute atomic E-state index is 11.8. The summed E-state index contributed by atoms with van der Waals surface area (Å²) in [6, 6.07) is 4.35. The minimum atomic E-state index is -1.09. The number of benzene rings is 1. The lowest BCUT2D eigenvalue weighted by atomic mass is 10.1. The molecule has 0 radical (unpaired) electrons. The number of nitrogens with one attached hydrogen (secondary N) is 1. The van der Waals surface area contributed by atoms with Gasteiger partial charge in [-0.05, 0) is 18.6 Å². The quantitative estimate of drug-likeness (QED) is 0.820. The number of anilines is 1. The second kappa shape index (κ2) is 6.75. The monoisotopic (exact) mass is 267 g/mol. The van der Waals surface area contributed by atoms with E-state index in [-0.39, 0.29) is 17.2 Å². The third-order valence-corrected chi connectivity index (χ3v) is 2.65. The molecular formula is C13H17NO5. The standard InChI is InChI=1S/C13H17NO5/c1-4-10(18-2)12(15)14-8-5-6-9(13(16)17)11(7-8)19-3/h5-7,10H,4H2,1-3H3,(H,14,15)(H,16,17). The van der Waals surface area contributed by atoms with Crippen LogP contribution in [0, 0.1) is 0 Å². The minimum absolute atomic E-state index is 0.0410. The number of aromatic carboxylic acids is 1. The highest BCUT2D eigenvalue weighted by molar-refractivity contribution is 5.96. The summed E-state index contributed by atoms with van der Waals surface area (Å²) in [5.74, 6) is -1.18. The molecule has 0 aliphatic carbocycles. The van der Waals surface area contributed by atoms with Gasteiger partial charge in [0.2, 0.25) is 0 Å². The van der Waals surface area contributed by atoms with Gasteiger partial charge >= 0.3 is 5.97 Å². The molecule has 0 heterocycles. The lowest BCUT2D eigenvalue weighted by Crippen LogP contribution is -2.28. The van der Waals surface area contributed by atoms with Crippen LogP contribution in [0.1, 0.15) is 23.7 Å². The number of carbonyl (C=O) groups is 2. The van der Waals surface area contributed by atoms with Gasteiger partial charge in [-0.1, -0.05) is 6.92 Å². The number of ether oxygens (including phenoxy) is 2. The first-order valence-electron chi connectivity index (χ1n) is 5.78. The molecule has 1 rings (SSSR count). The van der Waals surface area contributed by atoms with E-state index in [1.165, 1.54) is 32.4 Å². The van der Waals surface area contributed by atoms with Gasteiger partial charge in [0.25, 0.3) is 5.91 Å². The van der Waals surface area contributed by atoms with E-state index in [1.54, 1.807) is 0 Å². The van der Waals surface area contributed by atoms with Gasteiger partial charge in [0.15, 0.2) is 0 Å². The van der Waals surface area contributed by atoms with E-state index in [4.69, 9.17) is 14.6 Å². The van der Waals surface area contributed by atoms with Crippen molar-refractivity contribution in [1.82, 2.24) is 0 Å². The van der Waals surface area contributed by atoms with Crippen molar-refractivity contribution in [1.29, 1.82) is 0 Å². The maximum atomic E-state index is 11.8. The van der Waals surface area contributed by atoms with Crippen molar-refractivity contribution in [2.24, 2.45) is 0 Å². The molecule has 0 spiro atoms. The normalized spacial score (nSPS) is 11.7. The molecule has 19 heavy (non-hydrogen) atoms. The zero-order chi connectivity index (χ0) is 14.4. The Morgan fingerprint density at radius 1 is 1.37 bits per heavy atom. The summed E-state index contributed by atoms with van der Waals surface area (Å²) in [5, 5.41) is 11.6. The van der Waals surface area contributed by atoms with Crippen molar-refractivity contribution >= 4 is 17.6 Å². The summed E-state index contributed by atoms with van der Waals surface area (Å²) in [6.45, 7) is 1.84. The van der Waals surface area contributed by atoms with Crippen LogP contribution in [-0.4, -0.2) is 37.3 Å². The van der Waals surface area contributed by atoms with Crippen LogP contribution >= 0.6 is 0 Å². The van der Waals surface area contributed by atoms with Crippen LogP contribution in [0.4, 0.5) is 5.69 Å². The Kier molecular flexibility index (Phi) is 5.32. The highest BCUT2D eigenvalue weighted by Crippen LogP contribution is 2.23.